The Bertz CT molecular complexity index is 1080. The van der Waals surface area contributed by atoms with Crippen LogP contribution in [0.2, 0.25) is 0 Å². The fraction of sp³-hybridized carbons (Fsp3) is 0.333. The van der Waals surface area contributed by atoms with Crippen molar-refractivity contribution in [3.8, 4) is 5.75 Å². The number of hydrogen-bond donors (Lipinski definition) is 2. The molecule has 2 N–H and O–H groups in total. The summed E-state index contributed by atoms with van der Waals surface area (Å²) in [4.78, 5) is 25.2. The fourth-order valence-electron chi connectivity index (χ4n) is 3.31. The first-order valence-electron chi connectivity index (χ1n) is 10.8. The van der Waals surface area contributed by atoms with Crippen molar-refractivity contribution in [2.24, 2.45) is 5.92 Å². The van der Waals surface area contributed by atoms with E-state index in [2.05, 4.69) is 20.8 Å². The number of anilines is 1. The Morgan fingerprint density at radius 2 is 1.85 bits per heavy atom. The molecule has 1 heterocycles. The van der Waals surface area contributed by atoms with Gasteiger partial charge >= 0.3 is 0 Å². The standard InChI is InChI=1S/C24H29N5O3S/c1-5-29-22(21(16(2)3)26-23(31)17-10-7-6-8-11-17)27-28-24(29)33-15-20(30)25-18-12-9-13-19(14-18)32-4/h6-14,16,21H,5,15H2,1-4H3,(H,25,30)(H,26,31)/t21-/m1/s1. The van der Waals surface area contributed by atoms with Crippen LogP contribution in [-0.4, -0.2) is 39.4 Å². The molecule has 9 heteroatoms. The molecule has 3 aromatic rings. The maximum absolute atomic E-state index is 12.7. The number of benzene rings is 2. The zero-order valence-electron chi connectivity index (χ0n) is 19.2. The predicted molar refractivity (Wildman–Crippen MR) is 130 cm³/mol. The molecule has 2 amide bonds. The highest BCUT2D eigenvalue weighted by Gasteiger charge is 2.26. The van der Waals surface area contributed by atoms with E-state index in [0.717, 1.165) is 0 Å². The Kier molecular flexibility index (Phi) is 8.48. The molecule has 0 aliphatic heterocycles. The minimum atomic E-state index is -0.315. The zero-order valence-corrected chi connectivity index (χ0v) is 20.1. The van der Waals surface area contributed by atoms with Gasteiger partial charge in [-0.3, -0.25) is 9.59 Å². The lowest BCUT2D eigenvalue weighted by atomic mass is 10.0. The number of ether oxygens (including phenoxy) is 1. The van der Waals surface area contributed by atoms with Crippen molar-refractivity contribution < 1.29 is 14.3 Å². The van der Waals surface area contributed by atoms with Crippen molar-refractivity contribution in [1.29, 1.82) is 0 Å². The number of hydrogen-bond acceptors (Lipinski definition) is 6. The number of rotatable bonds is 10. The first-order chi connectivity index (χ1) is 15.9. The second-order valence-electron chi connectivity index (χ2n) is 7.72. The van der Waals surface area contributed by atoms with Crippen LogP contribution in [0.1, 0.15) is 43.0 Å². The van der Waals surface area contributed by atoms with Crippen LogP contribution in [0.3, 0.4) is 0 Å². The molecular weight excluding hydrogens is 438 g/mol. The first-order valence-corrected chi connectivity index (χ1v) is 11.8. The SMILES string of the molecule is CCn1c(SCC(=O)Nc2cccc(OC)c2)nnc1[C@H](NC(=O)c1ccccc1)C(C)C. The molecule has 1 atom stereocenters. The third-order valence-corrected chi connectivity index (χ3v) is 5.98. The van der Waals surface area contributed by atoms with E-state index < -0.39 is 0 Å². The number of carbonyl (C=O) groups excluding carboxylic acids is 2. The van der Waals surface area contributed by atoms with Gasteiger partial charge in [-0.05, 0) is 37.1 Å². The van der Waals surface area contributed by atoms with Crippen LogP contribution in [0.4, 0.5) is 5.69 Å². The Hall–Kier alpha value is -3.33. The molecular formula is C24H29N5O3S. The number of thioether (sulfide) groups is 1. The molecule has 33 heavy (non-hydrogen) atoms. The summed E-state index contributed by atoms with van der Waals surface area (Å²) in [6.07, 6.45) is 0. The first kappa shape index (κ1) is 24.3. The second kappa shape index (κ2) is 11.5. The van der Waals surface area contributed by atoms with Crippen molar-refractivity contribution in [3.63, 3.8) is 0 Å². The molecule has 8 nitrogen and oxygen atoms in total. The van der Waals surface area contributed by atoms with Gasteiger partial charge in [0, 0.05) is 23.9 Å². The summed E-state index contributed by atoms with van der Waals surface area (Å²) in [5, 5.41) is 15.2. The summed E-state index contributed by atoms with van der Waals surface area (Å²) in [7, 11) is 1.58. The van der Waals surface area contributed by atoms with Gasteiger partial charge in [0.15, 0.2) is 11.0 Å². The lowest BCUT2D eigenvalue weighted by Crippen LogP contribution is -2.33. The smallest absolute Gasteiger partial charge is 0.251 e. The maximum Gasteiger partial charge on any atom is 0.251 e. The van der Waals surface area contributed by atoms with E-state index in [0.29, 0.717) is 34.5 Å². The highest BCUT2D eigenvalue weighted by molar-refractivity contribution is 7.99. The van der Waals surface area contributed by atoms with Crippen LogP contribution < -0.4 is 15.4 Å². The summed E-state index contributed by atoms with van der Waals surface area (Å²) in [5.41, 5.74) is 1.26. The van der Waals surface area contributed by atoms with E-state index in [1.165, 1.54) is 11.8 Å². The fourth-order valence-corrected chi connectivity index (χ4v) is 4.11. The van der Waals surface area contributed by atoms with Gasteiger partial charge in [-0.1, -0.05) is 49.9 Å². The third-order valence-electron chi connectivity index (χ3n) is 5.01. The largest absolute Gasteiger partial charge is 0.497 e. The minimum absolute atomic E-state index is 0.0985. The predicted octanol–water partition coefficient (Wildman–Crippen LogP) is 4.16. The van der Waals surface area contributed by atoms with E-state index in [-0.39, 0.29) is 29.5 Å². The summed E-state index contributed by atoms with van der Waals surface area (Å²) < 4.78 is 7.13. The van der Waals surface area contributed by atoms with Crippen LogP contribution in [0.15, 0.2) is 59.8 Å². The molecule has 0 saturated heterocycles. The third kappa shape index (κ3) is 6.35. The number of amides is 2. The molecule has 0 saturated carbocycles. The minimum Gasteiger partial charge on any atom is -0.497 e. The van der Waals surface area contributed by atoms with Crippen molar-refractivity contribution in [2.75, 3.05) is 18.2 Å². The average Bonchev–Trinajstić information content (AvgIpc) is 3.24. The Morgan fingerprint density at radius 3 is 2.52 bits per heavy atom. The number of nitrogens with one attached hydrogen (secondary N) is 2. The molecule has 0 fully saturated rings. The van der Waals surface area contributed by atoms with Crippen LogP contribution in [-0.2, 0) is 11.3 Å². The summed E-state index contributed by atoms with van der Waals surface area (Å²) in [6.45, 7) is 6.66. The van der Waals surface area contributed by atoms with E-state index in [9.17, 15) is 9.59 Å². The Balaban J connectivity index is 1.69. The van der Waals surface area contributed by atoms with Crippen molar-refractivity contribution >= 4 is 29.3 Å². The molecule has 1 aromatic heterocycles. The number of nitrogens with zero attached hydrogens (tertiary/aromatic N) is 3. The van der Waals surface area contributed by atoms with Crippen molar-refractivity contribution in [1.82, 2.24) is 20.1 Å². The molecule has 0 bridgehead atoms. The molecule has 0 radical (unpaired) electrons. The van der Waals surface area contributed by atoms with Gasteiger partial charge in [-0.15, -0.1) is 10.2 Å². The van der Waals surface area contributed by atoms with Gasteiger partial charge < -0.3 is 19.9 Å². The monoisotopic (exact) mass is 467 g/mol. The quantitative estimate of drug-likeness (QED) is 0.435. The van der Waals surface area contributed by atoms with Gasteiger partial charge in [0.2, 0.25) is 5.91 Å². The summed E-state index contributed by atoms with van der Waals surface area (Å²) >= 11 is 1.31. The normalized spacial score (nSPS) is 11.8. The molecule has 0 aliphatic carbocycles. The van der Waals surface area contributed by atoms with Crippen LogP contribution in [0.5, 0.6) is 5.75 Å². The van der Waals surface area contributed by atoms with Crippen LogP contribution in [0.25, 0.3) is 0 Å². The lowest BCUT2D eigenvalue weighted by Gasteiger charge is -2.22. The molecule has 3 rings (SSSR count). The summed E-state index contributed by atoms with van der Waals surface area (Å²) in [6, 6.07) is 16.0. The molecule has 2 aromatic carbocycles. The van der Waals surface area contributed by atoms with Crippen LogP contribution >= 0.6 is 11.8 Å². The number of carbonyl (C=O) groups is 2. The highest BCUT2D eigenvalue weighted by atomic mass is 32.2. The van der Waals surface area contributed by atoms with E-state index in [1.807, 2.05) is 55.7 Å². The van der Waals surface area contributed by atoms with Gasteiger partial charge in [0.05, 0.1) is 18.9 Å². The summed E-state index contributed by atoms with van der Waals surface area (Å²) in [5.74, 6) is 1.31. The lowest BCUT2D eigenvalue weighted by molar-refractivity contribution is -0.113. The Labute approximate surface area is 198 Å². The van der Waals surface area contributed by atoms with E-state index >= 15 is 0 Å². The van der Waals surface area contributed by atoms with Crippen molar-refractivity contribution in [2.45, 2.75) is 38.5 Å². The van der Waals surface area contributed by atoms with Crippen molar-refractivity contribution in [3.05, 3.63) is 66.0 Å². The average molecular weight is 468 g/mol. The van der Waals surface area contributed by atoms with Gasteiger partial charge in [-0.25, -0.2) is 0 Å². The van der Waals surface area contributed by atoms with E-state index in [4.69, 9.17) is 4.74 Å². The van der Waals surface area contributed by atoms with Gasteiger partial charge in [0.25, 0.3) is 5.91 Å². The molecule has 0 aliphatic rings. The Morgan fingerprint density at radius 1 is 1.09 bits per heavy atom. The maximum atomic E-state index is 12.7. The highest BCUT2D eigenvalue weighted by Crippen LogP contribution is 2.26. The number of methoxy groups -OCH3 is 1. The second-order valence-corrected chi connectivity index (χ2v) is 8.66. The van der Waals surface area contributed by atoms with Gasteiger partial charge in [0.1, 0.15) is 5.75 Å². The van der Waals surface area contributed by atoms with Gasteiger partial charge in [-0.2, -0.15) is 0 Å². The van der Waals surface area contributed by atoms with E-state index in [1.54, 1.807) is 31.4 Å². The number of aromatic nitrogens is 3. The molecule has 0 unspecified atom stereocenters. The van der Waals surface area contributed by atoms with Crippen LogP contribution in [0, 0.1) is 5.92 Å². The topological polar surface area (TPSA) is 98.1 Å². The molecule has 174 valence electrons. The molecule has 0 spiro atoms. The zero-order chi connectivity index (χ0) is 23.8.